The molecule has 2 fully saturated rings. The summed E-state index contributed by atoms with van der Waals surface area (Å²) in [5.41, 5.74) is 2.14. The van der Waals surface area contributed by atoms with Crippen LogP contribution >= 0.6 is 0 Å². The van der Waals surface area contributed by atoms with Crippen LogP contribution in [0.15, 0.2) is 33.1 Å². The molecule has 204 valence electrons. The van der Waals surface area contributed by atoms with E-state index in [2.05, 4.69) is 27.1 Å². The molecule has 2 heterocycles. The molecular weight excluding hydrogens is 520 g/mol. The fraction of sp³-hybridized carbons (Fsp3) is 0.444. The average Bonchev–Trinajstić information content (AvgIpc) is 3.78. The molecule has 0 bridgehead atoms. The third-order valence-corrected chi connectivity index (χ3v) is 7.99. The minimum absolute atomic E-state index is 0.0336. The predicted octanol–water partition coefficient (Wildman–Crippen LogP) is 0.929. The number of benzene rings is 1. The van der Waals surface area contributed by atoms with Crippen LogP contribution in [0.1, 0.15) is 36.8 Å². The lowest BCUT2D eigenvalue weighted by atomic mass is 10.0. The smallest absolute Gasteiger partial charge is 0.280 e. The summed E-state index contributed by atoms with van der Waals surface area (Å²) in [6, 6.07) is 5.44. The molecule has 39 heavy (non-hydrogen) atoms. The van der Waals surface area contributed by atoms with Gasteiger partial charge < -0.3 is 9.88 Å². The first-order valence-corrected chi connectivity index (χ1v) is 14.6. The van der Waals surface area contributed by atoms with Crippen LogP contribution in [0.4, 0.5) is 5.69 Å². The van der Waals surface area contributed by atoms with Crippen molar-refractivity contribution in [2.45, 2.75) is 43.8 Å². The Bertz CT molecular complexity index is 1780. The van der Waals surface area contributed by atoms with Gasteiger partial charge in [-0.1, -0.05) is 11.8 Å². The van der Waals surface area contributed by atoms with Gasteiger partial charge >= 0.3 is 0 Å². The number of aromatic nitrogens is 4. The highest BCUT2D eigenvalue weighted by Gasteiger charge is 2.31. The quantitative estimate of drug-likeness (QED) is 0.435. The highest BCUT2D eigenvalue weighted by atomic mass is 32.2. The molecule has 1 amide bonds. The number of sulfone groups is 1. The van der Waals surface area contributed by atoms with Crippen molar-refractivity contribution in [1.29, 1.82) is 0 Å². The SMILES string of the molecule is CN=c1n(C)c(=O)c2c(nc(S(C)(=O)=O)n2C)n1CC#Cc1cc(CC(=O)C2CC2)cc(NC(=O)C2CC2)c1. The maximum absolute atomic E-state index is 13.0. The van der Waals surface area contributed by atoms with Crippen LogP contribution in [-0.2, 0) is 46.5 Å². The Kier molecular flexibility index (Phi) is 6.80. The van der Waals surface area contributed by atoms with E-state index in [1.165, 1.54) is 23.2 Å². The van der Waals surface area contributed by atoms with Gasteiger partial charge in [0.25, 0.3) is 5.56 Å². The number of anilines is 1. The number of carbonyl (C=O) groups excluding carboxylic acids is 2. The van der Waals surface area contributed by atoms with E-state index in [1.807, 2.05) is 12.1 Å². The summed E-state index contributed by atoms with van der Waals surface area (Å²) < 4.78 is 28.8. The van der Waals surface area contributed by atoms with Crippen LogP contribution < -0.4 is 16.5 Å². The maximum atomic E-state index is 13.0. The summed E-state index contributed by atoms with van der Waals surface area (Å²) in [6.45, 7) is 0.0620. The third-order valence-electron chi connectivity index (χ3n) is 6.96. The summed E-state index contributed by atoms with van der Waals surface area (Å²) in [7, 11) is 0.868. The van der Waals surface area contributed by atoms with E-state index < -0.39 is 15.4 Å². The molecule has 0 unspecified atom stereocenters. The van der Waals surface area contributed by atoms with E-state index in [-0.39, 0.29) is 58.4 Å². The van der Waals surface area contributed by atoms with E-state index in [4.69, 9.17) is 0 Å². The molecule has 0 aliphatic heterocycles. The molecule has 0 saturated heterocycles. The fourth-order valence-electron chi connectivity index (χ4n) is 4.66. The van der Waals surface area contributed by atoms with Crippen molar-refractivity contribution in [3.05, 3.63) is 45.3 Å². The highest BCUT2D eigenvalue weighted by molar-refractivity contribution is 7.90. The number of carbonyl (C=O) groups is 2. The number of Topliss-reactive ketones (excluding diaryl/α,β-unsaturated/α-hetero) is 1. The molecule has 0 radical (unpaired) electrons. The van der Waals surface area contributed by atoms with Crippen LogP contribution in [0.5, 0.6) is 0 Å². The van der Waals surface area contributed by atoms with Crippen molar-refractivity contribution < 1.29 is 18.0 Å². The van der Waals surface area contributed by atoms with Crippen molar-refractivity contribution >= 4 is 38.4 Å². The Morgan fingerprint density at radius 3 is 2.41 bits per heavy atom. The summed E-state index contributed by atoms with van der Waals surface area (Å²) >= 11 is 0. The second-order valence-corrected chi connectivity index (χ2v) is 12.2. The summed E-state index contributed by atoms with van der Waals surface area (Å²) in [6.07, 6.45) is 4.92. The molecule has 2 aliphatic rings. The van der Waals surface area contributed by atoms with E-state index in [0.29, 0.717) is 11.3 Å². The first-order valence-electron chi connectivity index (χ1n) is 12.7. The second-order valence-electron chi connectivity index (χ2n) is 10.3. The molecule has 2 aliphatic carbocycles. The predicted molar refractivity (Wildman–Crippen MR) is 145 cm³/mol. The number of hydrogen-bond donors (Lipinski definition) is 1. The van der Waals surface area contributed by atoms with Gasteiger partial charge in [0, 0.05) is 56.9 Å². The average molecular weight is 551 g/mol. The lowest BCUT2D eigenvalue weighted by Gasteiger charge is -2.09. The number of rotatable bonds is 7. The van der Waals surface area contributed by atoms with E-state index in [0.717, 1.165) is 37.5 Å². The van der Waals surface area contributed by atoms with Crippen molar-refractivity contribution in [3.8, 4) is 11.8 Å². The zero-order valence-corrected chi connectivity index (χ0v) is 23.1. The van der Waals surface area contributed by atoms with Crippen molar-refractivity contribution in [2.24, 2.45) is 30.9 Å². The number of amides is 1. The number of aryl methyl sites for hydroxylation is 1. The van der Waals surface area contributed by atoms with Gasteiger partial charge in [-0.2, -0.15) is 4.98 Å². The van der Waals surface area contributed by atoms with Gasteiger partial charge in [0.15, 0.2) is 11.2 Å². The van der Waals surface area contributed by atoms with E-state index >= 15 is 0 Å². The highest BCUT2D eigenvalue weighted by Crippen LogP contribution is 2.32. The summed E-state index contributed by atoms with van der Waals surface area (Å²) in [5, 5.41) is 2.72. The van der Waals surface area contributed by atoms with Gasteiger partial charge in [0.1, 0.15) is 5.78 Å². The summed E-state index contributed by atoms with van der Waals surface area (Å²) in [4.78, 5) is 46.4. The zero-order valence-electron chi connectivity index (χ0n) is 22.3. The zero-order chi connectivity index (χ0) is 28.1. The van der Waals surface area contributed by atoms with Gasteiger partial charge in [-0.15, -0.1) is 0 Å². The van der Waals surface area contributed by atoms with E-state index in [9.17, 15) is 22.8 Å². The third kappa shape index (κ3) is 5.45. The molecule has 2 saturated carbocycles. The van der Waals surface area contributed by atoms with Crippen LogP contribution in [0.2, 0.25) is 0 Å². The number of ketones is 1. The Hall–Kier alpha value is -3.98. The second kappa shape index (κ2) is 9.96. The van der Waals surface area contributed by atoms with Crippen LogP contribution in [0.25, 0.3) is 11.2 Å². The number of imidazole rings is 1. The maximum Gasteiger partial charge on any atom is 0.280 e. The molecule has 2 aromatic heterocycles. The minimum atomic E-state index is -3.70. The standard InChI is InChI=1S/C27H30N6O5S/c1-28-26-32(3)25(36)22-23(30-27(31(22)2)39(4,37)38)33(26)11-5-6-16-12-17(15-21(34)18-7-8-18)14-20(13-16)29-24(35)19-9-10-19/h12-14,18-19H,7-11,15H2,1-4H3,(H,29,35). The Morgan fingerprint density at radius 1 is 1.10 bits per heavy atom. The topological polar surface area (TPSA) is 137 Å². The Labute approximate surface area is 225 Å². The van der Waals surface area contributed by atoms with Gasteiger partial charge in [-0.3, -0.25) is 28.5 Å². The van der Waals surface area contributed by atoms with Gasteiger partial charge in [0.2, 0.25) is 26.5 Å². The van der Waals surface area contributed by atoms with Crippen LogP contribution in [-0.4, -0.2) is 52.1 Å². The minimum Gasteiger partial charge on any atom is -0.326 e. The first-order chi connectivity index (χ1) is 18.5. The first kappa shape index (κ1) is 26.6. The largest absolute Gasteiger partial charge is 0.326 e. The molecule has 12 heteroatoms. The molecule has 0 atom stereocenters. The summed E-state index contributed by atoms with van der Waals surface area (Å²) in [5.74, 6) is 6.48. The lowest BCUT2D eigenvalue weighted by Crippen LogP contribution is -2.39. The number of nitrogens with one attached hydrogen (secondary N) is 1. The molecule has 5 rings (SSSR count). The normalized spacial score (nSPS) is 15.7. The van der Waals surface area contributed by atoms with E-state index in [1.54, 1.807) is 17.7 Å². The monoisotopic (exact) mass is 550 g/mol. The molecule has 11 nitrogen and oxygen atoms in total. The fourth-order valence-corrected chi connectivity index (χ4v) is 5.51. The van der Waals surface area contributed by atoms with Gasteiger partial charge in [0.05, 0.1) is 6.54 Å². The number of nitrogens with zero attached hydrogens (tertiary/aromatic N) is 5. The number of fused-ring (bicyclic) bond motifs is 1. The van der Waals surface area contributed by atoms with Gasteiger partial charge in [-0.05, 0) is 49.4 Å². The molecule has 1 N–H and O–H groups in total. The Balaban J connectivity index is 1.54. The lowest BCUT2D eigenvalue weighted by molar-refractivity contribution is -0.119. The van der Waals surface area contributed by atoms with Crippen molar-refractivity contribution in [1.82, 2.24) is 18.7 Å². The Morgan fingerprint density at radius 2 is 1.79 bits per heavy atom. The number of hydrogen-bond acceptors (Lipinski definition) is 7. The molecule has 3 aromatic rings. The molecule has 0 spiro atoms. The van der Waals surface area contributed by atoms with Crippen LogP contribution in [0.3, 0.4) is 0 Å². The van der Waals surface area contributed by atoms with Crippen molar-refractivity contribution in [3.63, 3.8) is 0 Å². The van der Waals surface area contributed by atoms with Crippen molar-refractivity contribution in [2.75, 3.05) is 18.6 Å². The van der Waals surface area contributed by atoms with Gasteiger partial charge in [-0.25, -0.2) is 8.42 Å². The molecule has 1 aromatic carbocycles. The molecular formula is C27H30N6O5S. The van der Waals surface area contributed by atoms with Crippen LogP contribution in [0, 0.1) is 23.7 Å².